The molecule has 0 amide bonds. The van der Waals surface area contributed by atoms with Gasteiger partial charge in [-0.1, -0.05) is 136 Å². The molecule has 7 aromatic carbocycles. The van der Waals surface area contributed by atoms with Crippen molar-refractivity contribution < 1.29 is 4.42 Å². The zero-order chi connectivity index (χ0) is 34.0. The summed E-state index contributed by atoms with van der Waals surface area (Å²) < 4.78 is 6.74. The fourth-order valence-electron chi connectivity index (χ4n) is 10.1. The Labute approximate surface area is 298 Å². The summed E-state index contributed by atoms with van der Waals surface area (Å²) in [5.41, 5.74) is 17.7. The molecule has 0 saturated carbocycles. The third-order valence-electron chi connectivity index (χ3n) is 12.5. The van der Waals surface area contributed by atoms with Gasteiger partial charge in [0.05, 0.1) is 11.4 Å². The van der Waals surface area contributed by atoms with Crippen molar-refractivity contribution in [3.8, 4) is 22.3 Å². The van der Waals surface area contributed by atoms with Crippen LogP contribution in [0, 0.1) is 5.92 Å². The van der Waals surface area contributed by atoms with Crippen molar-refractivity contribution in [3.05, 3.63) is 173 Å². The molecule has 0 spiro atoms. The Kier molecular flexibility index (Phi) is 5.92. The maximum atomic E-state index is 6.74. The first-order valence-corrected chi connectivity index (χ1v) is 18.3. The second-order valence-electron chi connectivity index (χ2n) is 15.4. The third-order valence-corrected chi connectivity index (χ3v) is 12.5. The summed E-state index contributed by atoms with van der Waals surface area (Å²) in [6.07, 6.45) is 0.924. The number of rotatable bonds is 2. The lowest BCUT2D eigenvalue weighted by Crippen LogP contribution is -2.33. The van der Waals surface area contributed by atoms with E-state index in [2.05, 4.69) is 160 Å². The molecule has 244 valence electrons. The van der Waals surface area contributed by atoms with E-state index in [9.17, 15) is 0 Å². The smallest absolute Gasteiger partial charge is 0.143 e. The number of hydrogen-bond donors (Lipinski definition) is 0. The average Bonchev–Trinajstić information content (AvgIpc) is 3.65. The summed E-state index contributed by atoms with van der Waals surface area (Å²) >= 11 is 0. The van der Waals surface area contributed by atoms with Gasteiger partial charge in [0.1, 0.15) is 11.2 Å². The van der Waals surface area contributed by atoms with Crippen molar-refractivity contribution in [1.82, 2.24) is 0 Å². The number of hydrogen-bond acceptors (Lipinski definition) is 2. The lowest BCUT2D eigenvalue weighted by atomic mass is 9.64. The summed E-state index contributed by atoms with van der Waals surface area (Å²) in [5.74, 6) is 0.681. The van der Waals surface area contributed by atoms with E-state index in [4.69, 9.17) is 9.41 Å². The molecule has 2 heterocycles. The molecule has 2 heteroatoms. The minimum absolute atomic E-state index is 0.0736. The van der Waals surface area contributed by atoms with Gasteiger partial charge in [-0.15, -0.1) is 0 Å². The van der Waals surface area contributed by atoms with E-state index in [1.165, 1.54) is 77.5 Å². The van der Waals surface area contributed by atoms with Crippen molar-refractivity contribution >= 4 is 44.1 Å². The van der Waals surface area contributed by atoms with Crippen LogP contribution in [0.1, 0.15) is 66.0 Å². The number of nitrogens with zero attached hydrogens (tertiary/aromatic N) is 1. The second kappa shape index (κ2) is 10.4. The quantitative estimate of drug-likeness (QED) is 0.182. The minimum Gasteiger partial charge on any atom is -0.455 e. The zero-order valence-corrected chi connectivity index (χ0v) is 29.1. The summed E-state index contributed by atoms with van der Waals surface area (Å²) in [6.45, 7) is 7.18. The largest absolute Gasteiger partial charge is 0.455 e. The Hall–Kier alpha value is -5.73. The number of para-hydroxylation sites is 1. The Bertz CT molecular complexity index is 2790. The van der Waals surface area contributed by atoms with Crippen molar-refractivity contribution in [3.63, 3.8) is 0 Å². The van der Waals surface area contributed by atoms with Gasteiger partial charge in [0.2, 0.25) is 0 Å². The molecule has 0 saturated heterocycles. The first-order valence-electron chi connectivity index (χ1n) is 18.3. The van der Waals surface area contributed by atoms with E-state index in [1.54, 1.807) is 0 Å². The van der Waals surface area contributed by atoms with Crippen LogP contribution in [0.5, 0.6) is 0 Å². The van der Waals surface area contributed by atoms with Crippen LogP contribution < -0.4 is 0 Å². The fourth-order valence-corrected chi connectivity index (χ4v) is 10.1. The molecule has 0 N–H and O–H groups in total. The fraction of sp³-hybridized carbons (Fsp3) is 0.163. The van der Waals surface area contributed by atoms with Crippen molar-refractivity contribution in [2.45, 2.75) is 44.4 Å². The van der Waals surface area contributed by atoms with Gasteiger partial charge in [-0.25, -0.2) is 0 Å². The molecule has 3 aliphatic rings. The van der Waals surface area contributed by atoms with E-state index in [1.807, 2.05) is 0 Å². The molecular weight excluding hydrogens is 619 g/mol. The van der Waals surface area contributed by atoms with Crippen molar-refractivity contribution in [2.75, 3.05) is 0 Å². The van der Waals surface area contributed by atoms with Crippen LogP contribution in [0.4, 0.5) is 5.69 Å². The minimum atomic E-state index is -0.0736. The van der Waals surface area contributed by atoms with Crippen LogP contribution in [-0.2, 0) is 11.8 Å². The molecule has 0 radical (unpaired) electrons. The van der Waals surface area contributed by atoms with Gasteiger partial charge in [-0.05, 0) is 98.0 Å². The highest BCUT2D eigenvalue weighted by Gasteiger charge is 2.43. The van der Waals surface area contributed by atoms with Crippen molar-refractivity contribution in [1.29, 1.82) is 0 Å². The Morgan fingerprint density at radius 3 is 2.24 bits per heavy atom. The molecule has 2 nitrogen and oxygen atoms in total. The Balaban J connectivity index is 1.13. The summed E-state index contributed by atoms with van der Waals surface area (Å²) in [5, 5.41) is 4.74. The van der Waals surface area contributed by atoms with Crippen molar-refractivity contribution in [2.24, 2.45) is 10.9 Å². The van der Waals surface area contributed by atoms with Gasteiger partial charge in [-0.3, -0.25) is 4.99 Å². The second-order valence-corrected chi connectivity index (χ2v) is 15.4. The SMILES string of the molecule is CC1c2ccccc2N=C(c2cccc3c2-c2ccccc2C3(C)C)C1C1Cc2cc3oc4c5ccccc5ccc4c3cc2-c2ccccc21. The molecule has 3 unspecified atom stereocenters. The molecule has 0 bridgehead atoms. The number of fused-ring (bicyclic) bond motifs is 12. The van der Waals surface area contributed by atoms with Crippen LogP contribution in [0.2, 0.25) is 0 Å². The highest BCUT2D eigenvalue weighted by molar-refractivity contribution is 6.16. The molecule has 11 rings (SSSR count). The molecule has 8 aromatic rings. The van der Waals surface area contributed by atoms with E-state index < -0.39 is 0 Å². The van der Waals surface area contributed by atoms with Crippen LogP contribution >= 0.6 is 0 Å². The lowest BCUT2D eigenvalue weighted by molar-refractivity contribution is 0.457. The third kappa shape index (κ3) is 3.96. The molecule has 3 atom stereocenters. The predicted octanol–water partition coefficient (Wildman–Crippen LogP) is 12.9. The van der Waals surface area contributed by atoms with Gasteiger partial charge in [0.15, 0.2) is 0 Å². The normalized spacial score (nSPS) is 19.7. The predicted molar refractivity (Wildman–Crippen MR) is 212 cm³/mol. The summed E-state index contributed by atoms with van der Waals surface area (Å²) in [4.78, 5) is 5.66. The summed E-state index contributed by atoms with van der Waals surface area (Å²) in [7, 11) is 0. The maximum absolute atomic E-state index is 6.74. The number of benzene rings is 7. The van der Waals surface area contributed by atoms with Crippen LogP contribution in [0.15, 0.2) is 149 Å². The van der Waals surface area contributed by atoms with Gasteiger partial charge in [0, 0.05) is 33.1 Å². The van der Waals surface area contributed by atoms with Gasteiger partial charge in [0.25, 0.3) is 0 Å². The first kappa shape index (κ1) is 29.0. The number of furan rings is 1. The Morgan fingerprint density at radius 1 is 0.608 bits per heavy atom. The van der Waals surface area contributed by atoms with Gasteiger partial charge >= 0.3 is 0 Å². The monoisotopic (exact) mass is 655 g/mol. The molecule has 2 aliphatic carbocycles. The van der Waals surface area contributed by atoms with E-state index in [0.717, 1.165) is 28.7 Å². The standard InChI is InChI=1S/C49H37NO/c1-28-31-14-9-11-22-43(31)50-47(37-19-12-21-42-46(37)36-18-8-10-20-41(36)49(42,2)3)45(28)40-25-30-26-44-39(27-38(30)33-16-6-7-17-34(33)40)35-24-23-29-13-4-5-15-32(29)48(35)51-44/h4-24,26-28,40,45H,25H2,1-3H3. The highest BCUT2D eigenvalue weighted by Crippen LogP contribution is 2.55. The molecule has 1 aliphatic heterocycles. The van der Waals surface area contributed by atoms with E-state index >= 15 is 0 Å². The first-order chi connectivity index (χ1) is 25.0. The van der Waals surface area contributed by atoms with Crippen LogP contribution in [0.25, 0.3) is 55.0 Å². The lowest BCUT2D eigenvalue weighted by Gasteiger charge is -2.40. The van der Waals surface area contributed by atoms with E-state index in [-0.39, 0.29) is 23.2 Å². The molecule has 1 aromatic heterocycles. The zero-order valence-electron chi connectivity index (χ0n) is 29.1. The van der Waals surface area contributed by atoms with E-state index in [0.29, 0.717) is 0 Å². The maximum Gasteiger partial charge on any atom is 0.143 e. The van der Waals surface area contributed by atoms with Gasteiger partial charge in [-0.2, -0.15) is 0 Å². The van der Waals surface area contributed by atoms with Crippen LogP contribution in [-0.4, -0.2) is 5.71 Å². The number of aliphatic imine (C=N–C) groups is 1. The molecular formula is C49H37NO. The average molecular weight is 656 g/mol. The van der Waals surface area contributed by atoms with Gasteiger partial charge < -0.3 is 4.42 Å². The topological polar surface area (TPSA) is 25.5 Å². The molecule has 0 fully saturated rings. The van der Waals surface area contributed by atoms with Crippen LogP contribution in [0.3, 0.4) is 0 Å². The summed E-state index contributed by atoms with van der Waals surface area (Å²) in [6, 6.07) is 51.6. The molecule has 51 heavy (non-hydrogen) atoms. The highest BCUT2D eigenvalue weighted by atomic mass is 16.3. The Morgan fingerprint density at radius 2 is 1.33 bits per heavy atom.